The summed E-state index contributed by atoms with van der Waals surface area (Å²) >= 11 is 0. The molecule has 0 radical (unpaired) electrons. The van der Waals surface area contributed by atoms with Crippen LogP contribution in [0.1, 0.15) is 34.9 Å². The van der Waals surface area contributed by atoms with Crippen molar-refractivity contribution in [2.24, 2.45) is 0 Å². The van der Waals surface area contributed by atoms with Crippen molar-refractivity contribution in [3.05, 3.63) is 69.7 Å². The monoisotopic (exact) mass is 439 g/mol. The summed E-state index contributed by atoms with van der Waals surface area (Å²) in [5.74, 6) is -0.233. The van der Waals surface area contributed by atoms with E-state index in [4.69, 9.17) is 14.2 Å². The number of carbonyl (C=O) groups excluding carboxylic acids is 1. The van der Waals surface area contributed by atoms with Crippen molar-refractivity contribution < 1.29 is 24.1 Å². The van der Waals surface area contributed by atoms with Gasteiger partial charge in [-0.2, -0.15) is 0 Å². The number of aromatic hydroxyl groups is 1. The van der Waals surface area contributed by atoms with Crippen LogP contribution in [0, 0.1) is 6.92 Å². The van der Waals surface area contributed by atoms with Gasteiger partial charge in [-0.05, 0) is 30.7 Å². The van der Waals surface area contributed by atoms with Crippen LogP contribution in [0.2, 0.25) is 0 Å². The van der Waals surface area contributed by atoms with Gasteiger partial charge in [-0.15, -0.1) is 0 Å². The molecule has 32 heavy (non-hydrogen) atoms. The average molecular weight is 439 g/mol. The molecule has 1 unspecified atom stereocenters. The van der Waals surface area contributed by atoms with Gasteiger partial charge in [0, 0.05) is 36.5 Å². The van der Waals surface area contributed by atoms with Gasteiger partial charge in [0.2, 0.25) is 0 Å². The Balaban J connectivity index is 1.77. The molecule has 1 atom stereocenters. The Morgan fingerprint density at radius 1 is 1.28 bits per heavy atom. The summed E-state index contributed by atoms with van der Waals surface area (Å²) in [5, 5.41) is 10.8. The van der Waals surface area contributed by atoms with Crippen molar-refractivity contribution >= 4 is 5.97 Å². The second-order valence-electron chi connectivity index (χ2n) is 7.60. The van der Waals surface area contributed by atoms with E-state index >= 15 is 0 Å². The van der Waals surface area contributed by atoms with Crippen LogP contribution >= 0.6 is 0 Å². The maximum Gasteiger partial charge on any atom is 0.306 e. The van der Waals surface area contributed by atoms with Crippen LogP contribution in [0.3, 0.4) is 0 Å². The molecule has 9 nitrogen and oxygen atoms in total. The molecule has 3 heterocycles. The molecule has 1 aliphatic heterocycles. The summed E-state index contributed by atoms with van der Waals surface area (Å²) in [5.41, 5.74) is 1.95. The van der Waals surface area contributed by atoms with E-state index in [0.29, 0.717) is 48.9 Å². The molecule has 0 spiro atoms. The van der Waals surface area contributed by atoms with Crippen molar-refractivity contribution in [2.75, 3.05) is 20.3 Å². The minimum Gasteiger partial charge on any atom is -0.507 e. The Labute approximate surface area is 184 Å². The number of imidazole rings is 1. The number of aryl methyl sites for hydroxylation is 2. The molecule has 9 heteroatoms. The minimum atomic E-state index is -0.718. The maximum absolute atomic E-state index is 13.5. The number of hydrogen-bond acceptors (Lipinski definition) is 7. The van der Waals surface area contributed by atoms with Crippen molar-refractivity contribution in [1.82, 2.24) is 14.5 Å². The lowest BCUT2D eigenvalue weighted by molar-refractivity contribution is -0.140. The Bertz CT molecular complexity index is 1170. The standard InChI is InChI=1S/C23H25N3O6/c1-14-9-18(27)22(23(29)26(14)6-5-16-12-24-13-25-16)17(11-21(28)30-2)15-3-4-19-20(10-15)32-8-7-31-19/h3-4,9-10,12-13,17,27H,5-8,11H2,1-2H3,(H,24,25). The third-order valence-electron chi connectivity index (χ3n) is 5.60. The lowest BCUT2D eigenvalue weighted by atomic mass is 9.88. The van der Waals surface area contributed by atoms with Crippen molar-refractivity contribution in [1.29, 1.82) is 0 Å². The topological polar surface area (TPSA) is 116 Å². The number of aromatic nitrogens is 3. The highest BCUT2D eigenvalue weighted by Crippen LogP contribution is 2.38. The van der Waals surface area contributed by atoms with Gasteiger partial charge in [0.1, 0.15) is 19.0 Å². The number of rotatable bonds is 7. The molecule has 0 amide bonds. The van der Waals surface area contributed by atoms with Crippen LogP contribution in [0.5, 0.6) is 17.2 Å². The van der Waals surface area contributed by atoms with Crippen LogP contribution in [-0.4, -0.2) is 45.9 Å². The highest BCUT2D eigenvalue weighted by atomic mass is 16.6. The number of benzene rings is 1. The summed E-state index contributed by atoms with van der Waals surface area (Å²) in [6.07, 6.45) is 3.75. The lowest BCUT2D eigenvalue weighted by Crippen LogP contribution is -2.29. The van der Waals surface area contributed by atoms with E-state index in [2.05, 4.69) is 9.97 Å². The first-order chi connectivity index (χ1) is 15.5. The first-order valence-corrected chi connectivity index (χ1v) is 10.3. The van der Waals surface area contributed by atoms with E-state index in [-0.39, 0.29) is 23.3 Å². The third kappa shape index (κ3) is 4.32. The fraction of sp³-hybridized carbons (Fsp3) is 0.348. The second-order valence-corrected chi connectivity index (χ2v) is 7.60. The molecule has 0 fully saturated rings. The predicted octanol–water partition coefficient (Wildman–Crippen LogP) is 2.29. The van der Waals surface area contributed by atoms with E-state index in [1.54, 1.807) is 48.3 Å². The smallest absolute Gasteiger partial charge is 0.306 e. The van der Waals surface area contributed by atoms with Gasteiger partial charge in [0.15, 0.2) is 11.5 Å². The number of carbonyl (C=O) groups is 1. The first-order valence-electron chi connectivity index (χ1n) is 10.3. The third-order valence-corrected chi connectivity index (χ3v) is 5.60. The van der Waals surface area contributed by atoms with Crippen LogP contribution in [0.15, 0.2) is 41.6 Å². The maximum atomic E-state index is 13.5. The zero-order valence-corrected chi connectivity index (χ0v) is 18.0. The van der Waals surface area contributed by atoms with E-state index in [1.807, 2.05) is 0 Å². The van der Waals surface area contributed by atoms with Crippen LogP contribution in [0.4, 0.5) is 0 Å². The molecule has 2 N–H and O–H groups in total. The van der Waals surface area contributed by atoms with E-state index in [9.17, 15) is 14.7 Å². The number of methoxy groups -OCH3 is 1. The van der Waals surface area contributed by atoms with Crippen molar-refractivity contribution in [3.8, 4) is 17.2 Å². The number of esters is 1. The summed E-state index contributed by atoms with van der Waals surface area (Å²) in [4.78, 5) is 32.8. The lowest BCUT2D eigenvalue weighted by Gasteiger charge is -2.23. The van der Waals surface area contributed by atoms with Gasteiger partial charge in [-0.25, -0.2) is 4.98 Å². The summed E-state index contributed by atoms with van der Waals surface area (Å²) in [6, 6.07) is 6.81. The Morgan fingerprint density at radius 2 is 2.06 bits per heavy atom. The summed E-state index contributed by atoms with van der Waals surface area (Å²) < 4.78 is 17.7. The predicted molar refractivity (Wildman–Crippen MR) is 115 cm³/mol. The van der Waals surface area contributed by atoms with Crippen molar-refractivity contribution in [3.63, 3.8) is 0 Å². The van der Waals surface area contributed by atoms with Gasteiger partial charge in [-0.3, -0.25) is 9.59 Å². The fourth-order valence-electron chi connectivity index (χ4n) is 3.94. The summed E-state index contributed by atoms with van der Waals surface area (Å²) in [7, 11) is 1.29. The number of hydrogen-bond donors (Lipinski definition) is 2. The number of ether oxygens (including phenoxy) is 3. The van der Waals surface area contributed by atoms with E-state index < -0.39 is 11.9 Å². The average Bonchev–Trinajstić information content (AvgIpc) is 3.31. The van der Waals surface area contributed by atoms with Gasteiger partial charge in [0.25, 0.3) is 5.56 Å². The Morgan fingerprint density at radius 3 is 2.78 bits per heavy atom. The number of pyridine rings is 1. The second kappa shape index (κ2) is 9.17. The molecule has 0 aliphatic carbocycles. The first kappa shape index (κ1) is 21.5. The van der Waals surface area contributed by atoms with E-state index in [1.165, 1.54) is 7.11 Å². The van der Waals surface area contributed by atoms with Crippen LogP contribution in [-0.2, 0) is 22.5 Å². The normalized spacial score (nSPS) is 13.6. The Kier molecular flexibility index (Phi) is 6.16. The molecule has 2 aromatic heterocycles. The molecule has 0 saturated heterocycles. The van der Waals surface area contributed by atoms with Crippen molar-refractivity contribution in [2.45, 2.75) is 32.2 Å². The van der Waals surface area contributed by atoms with Crippen LogP contribution in [0.25, 0.3) is 0 Å². The highest BCUT2D eigenvalue weighted by Gasteiger charge is 2.28. The van der Waals surface area contributed by atoms with Gasteiger partial charge in [-0.1, -0.05) is 6.07 Å². The highest BCUT2D eigenvalue weighted by molar-refractivity contribution is 5.71. The fourth-order valence-corrected chi connectivity index (χ4v) is 3.94. The number of nitrogens with one attached hydrogen (secondary N) is 1. The molecular weight excluding hydrogens is 414 g/mol. The number of aromatic amines is 1. The zero-order valence-electron chi connectivity index (χ0n) is 18.0. The largest absolute Gasteiger partial charge is 0.507 e. The molecule has 4 rings (SSSR count). The van der Waals surface area contributed by atoms with E-state index in [0.717, 1.165) is 5.69 Å². The number of fused-ring (bicyclic) bond motifs is 1. The molecule has 0 saturated carbocycles. The molecule has 0 bridgehead atoms. The number of H-pyrrole nitrogens is 1. The summed E-state index contributed by atoms with van der Waals surface area (Å²) in [6.45, 7) is 3.02. The molecule has 1 aliphatic rings. The quantitative estimate of drug-likeness (QED) is 0.543. The molecular formula is C23H25N3O6. The van der Waals surface area contributed by atoms with Gasteiger partial charge in [0.05, 0.1) is 25.4 Å². The molecule has 1 aromatic carbocycles. The zero-order chi connectivity index (χ0) is 22.7. The number of nitrogens with zero attached hydrogens (tertiary/aromatic N) is 2. The molecule has 168 valence electrons. The minimum absolute atomic E-state index is 0.109. The SMILES string of the molecule is COC(=O)CC(c1ccc2c(c1)OCCO2)c1c(O)cc(C)n(CCc2cnc[nH]2)c1=O. The molecule has 3 aromatic rings. The van der Waals surface area contributed by atoms with Gasteiger partial charge >= 0.3 is 5.97 Å². The van der Waals surface area contributed by atoms with Gasteiger partial charge < -0.3 is 28.9 Å². The Hall–Kier alpha value is -3.75. The van der Waals surface area contributed by atoms with Crippen LogP contribution < -0.4 is 15.0 Å².